The van der Waals surface area contributed by atoms with E-state index in [4.69, 9.17) is 5.73 Å². The smallest absolute Gasteiger partial charge is 0.263 e. The molecule has 0 aromatic heterocycles. The fraction of sp³-hybridized carbons (Fsp3) is 0.500. The lowest BCUT2D eigenvalue weighted by atomic mass is 10.1. The molecule has 1 amide bonds. The lowest BCUT2D eigenvalue weighted by Gasteiger charge is -2.15. The highest BCUT2D eigenvalue weighted by Gasteiger charge is 2.31. The molecule has 1 aromatic rings. The minimum Gasteiger partial charge on any atom is -0.352 e. The normalized spacial score (nSPS) is 20.3. The van der Waals surface area contributed by atoms with Gasteiger partial charge in [-0.05, 0) is 37.3 Å². The van der Waals surface area contributed by atoms with E-state index in [2.05, 4.69) is 15.0 Å². The number of rotatable bonds is 7. The number of fused-ring (bicyclic) bond motifs is 1. The van der Waals surface area contributed by atoms with Crippen LogP contribution in [0.25, 0.3) is 0 Å². The Morgan fingerprint density at radius 2 is 2.08 bits per heavy atom. The summed E-state index contributed by atoms with van der Waals surface area (Å²) in [7, 11) is -3.50. The number of carbonyl (C=O) groups is 1. The van der Waals surface area contributed by atoms with Crippen LogP contribution in [0.2, 0.25) is 0 Å². The number of halogens is 1. The molecule has 0 saturated heterocycles. The summed E-state index contributed by atoms with van der Waals surface area (Å²) >= 11 is 0. The molecule has 1 aromatic carbocycles. The van der Waals surface area contributed by atoms with Crippen LogP contribution in [0.4, 0.5) is 0 Å². The third kappa shape index (κ3) is 4.71. The molecule has 0 bridgehead atoms. The molecule has 0 radical (unpaired) electrons. The van der Waals surface area contributed by atoms with Crippen LogP contribution in [-0.4, -0.2) is 39.3 Å². The molecule has 1 saturated carbocycles. The summed E-state index contributed by atoms with van der Waals surface area (Å²) in [5.41, 5.74) is 6.25. The summed E-state index contributed by atoms with van der Waals surface area (Å²) in [6.07, 6.45) is 3.18. The van der Waals surface area contributed by atoms with Crippen LogP contribution in [-0.2, 0) is 14.8 Å². The van der Waals surface area contributed by atoms with Crippen molar-refractivity contribution in [2.75, 3.05) is 13.1 Å². The number of sulfonamides is 1. The Labute approximate surface area is 153 Å². The highest BCUT2D eigenvalue weighted by atomic mass is 35.5. The number of nitrogens with one attached hydrogen (secondary N) is 2. The zero-order valence-electron chi connectivity index (χ0n) is 13.8. The Hall–Kier alpha value is -1.64. The molecular weight excluding hydrogens is 364 g/mol. The van der Waals surface area contributed by atoms with Crippen molar-refractivity contribution in [3.8, 4) is 0 Å². The number of amidine groups is 1. The number of aliphatic imine (C=N–C) groups is 1. The molecule has 9 heteroatoms. The van der Waals surface area contributed by atoms with Crippen LogP contribution in [0.15, 0.2) is 34.2 Å². The minimum absolute atomic E-state index is 0. The van der Waals surface area contributed by atoms with Crippen molar-refractivity contribution in [3.05, 3.63) is 29.8 Å². The van der Waals surface area contributed by atoms with Gasteiger partial charge in [0.05, 0.1) is 4.90 Å². The first-order chi connectivity index (χ1) is 11.5. The average Bonchev–Trinajstić information content (AvgIpc) is 3.36. The van der Waals surface area contributed by atoms with E-state index in [9.17, 15) is 13.2 Å². The fourth-order valence-corrected chi connectivity index (χ4v) is 4.08. The number of hydrogen-bond donors (Lipinski definition) is 3. The van der Waals surface area contributed by atoms with Gasteiger partial charge in [0.15, 0.2) is 0 Å². The maximum absolute atomic E-state index is 12.0. The molecule has 1 heterocycles. The summed E-state index contributed by atoms with van der Waals surface area (Å²) in [5, 5.41) is 2.96. The van der Waals surface area contributed by atoms with Crippen molar-refractivity contribution >= 4 is 34.2 Å². The highest BCUT2D eigenvalue weighted by molar-refractivity contribution is 7.90. The lowest BCUT2D eigenvalue weighted by Crippen LogP contribution is -2.41. The molecule has 0 spiro atoms. The molecule has 25 heavy (non-hydrogen) atoms. The Morgan fingerprint density at radius 1 is 1.36 bits per heavy atom. The van der Waals surface area contributed by atoms with Gasteiger partial charge in [0.1, 0.15) is 5.84 Å². The number of hydrogen-bond acceptors (Lipinski definition) is 5. The van der Waals surface area contributed by atoms with E-state index < -0.39 is 10.0 Å². The standard InChI is InChI=1S/C16H22N4O3S.ClH/c17-10-13(11-7-8-11)19-15(21)6-3-9-18-16-12-4-1-2-5-14(12)24(22,23)20-16;/h1-2,4-5,11,13H,3,6-10,17H2,(H,18,20)(H,19,21);1H. The average molecular weight is 387 g/mol. The molecule has 1 aliphatic heterocycles. The van der Waals surface area contributed by atoms with Crippen molar-refractivity contribution in [1.82, 2.24) is 10.0 Å². The third-order valence-corrected chi connectivity index (χ3v) is 5.68. The Balaban J connectivity index is 0.00000225. The lowest BCUT2D eigenvalue weighted by molar-refractivity contribution is -0.121. The zero-order chi connectivity index (χ0) is 17.2. The summed E-state index contributed by atoms with van der Waals surface area (Å²) < 4.78 is 26.4. The monoisotopic (exact) mass is 386 g/mol. The van der Waals surface area contributed by atoms with Crippen LogP contribution in [0, 0.1) is 5.92 Å². The molecule has 1 atom stereocenters. The van der Waals surface area contributed by atoms with E-state index in [1.54, 1.807) is 24.3 Å². The van der Waals surface area contributed by atoms with E-state index in [0.717, 1.165) is 12.8 Å². The highest BCUT2D eigenvalue weighted by Crippen LogP contribution is 2.32. The Kier molecular flexibility index (Phi) is 6.42. The number of nitrogens with two attached hydrogens (primary N) is 1. The molecule has 2 aliphatic rings. The maximum Gasteiger partial charge on any atom is 0.263 e. The van der Waals surface area contributed by atoms with Crippen LogP contribution in [0.1, 0.15) is 31.2 Å². The van der Waals surface area contributed by atoms with Crippen molar-refractivity contribution in [2.24, 2.45) is 16.6 Å². The van der Waals surface area contributed by atoms with Crippen LogP contribution in [0.3, 0.4) is 0 Å². The van der Waals surface area contributed by atoms with E-state index in [-0.39, 0.29) is 29.3 Å². The Bertz CT molecular complexity index is 762. The van der Waals surface area contributed by atoms with Gasteiger partial charge >= 0.3 is 0 Å². The number of carbonyl (C=O) groups excluding carboxylic acids is 1. The topological polar surface area (TPSA) is 114 Å². The van der Waals surface area contributed by atoms with Crippen molar-refractivity contribution in [2.45, 2.75) is 36.6 Å². The molecule has 4 N–H and O–H groups in total. The third-order valence-electron chi connectivity index (χ3n) is 4.29. The second kappa shape index (κ2) is 8.16. The fourth-order valence-electron chi connectivity index (χ4n) is 2.83. The molecule has 7 nitrogen and oxygen atoms in total. The number of benzene rings is 1. The van der Waals surface area contributed by atoms with Gasteiger partial charge < -0.3 is 11.1 Å². The largest absolute Gasteiger partial charge is 0.352 e. The van der Waals surface area contributed by atoms with Gasteiger partial charge in [-0.2, -0.15) is 0 Å². The van der Waals surface area contributed by atoms with E-state index in [1.165, 1.54) is 0 Å². The quantitative estimate of drug-likeness (QED) is 0.601. The van der Waals surface area contributed by atoms with Gasteiger partial charge in [-0.3, -0.25) is 14.5 Å². The van der Waals surface area contributed by atoms with Gasteiger partial charge in [0, 0.05) is 31.1 Å². The SMILES string of the molecule is Cl.NCC(NC(=O)CCCN=C1NS(=O)(=O)c2ccccc21)C1CC1. The van der Waals surface area contributed by atoms with Crippen molar-refractivity contribution in [1.29, 1.82) is 0 Å². The maximum atomic E-state index is 12.0. The van der Waals surface area contributed by atoms with Gasteiger partial charge in [-0.15, -0.1) is 12.4 Å². The predicted octanol–water partition coefficient (Wildman–Crippen LogP) is 0.781. The van der Waals surface area contributed by atoms with Crippen LogP contribution in [0.5, 0.6) is 0 Å². The Morgan fingerprint density at radius 3 is 2.76 bits per heavy atom. The molecule has 1 fully saturated rings. The second-order valence-corrected chi connectivity index (χ2v) is 7.83. The van der Waals surface area contributed by atoms with Crippen LogP contribution >= 0.6 is 12.4 Å². The molecule has 3 rings (SSSR count). The van der Waals surface area contributed by atoms with Crippen molar-refractivity contribution < 1.29 is 13.2 Å². The molecule has 1 aliphatic carbocycles. The zero-order valence-corrected chi connectivity index (χ0v) is 15.4. The van der Waals surface area contributed by atoms with E-state index in [1.807, 2.05) is 0 Å². The first-order valence-electron chi connectivity index (χ1n) is 8.17. The van der Waals surface area contributed by atoms with Crippen LogP contribution < -0.4 is 15.8 Å². The summed E-state index contributed by atoms with van der Waals surface area (Å²) in [6, 6.07) is 6.81. The van der Waals surface area contributed by atoms with Gasteiger partial charge in [0.25, 0.3) is 10.0 Å². The minimum atomic E-state index is -3.50. The molecule has 138 valence electrons. The van der Waals surface area contributed by atoms with Crippen molar-refractivity contribution in [3.63, 3.8) is 0 Å². The van der Waals surface area contributed by atoms with Gasteiger partial charge in [-0.1, -0.05) is 12.1 Å². The van der Waals surface area contributed by atoms with E-state index in [0.29, 0.717) is 43.2 Å². The number of amides is 1. The first-order valence-corrected chi connectivity index (χ1v) is 9.65. The summed E-state index contributed by atoms with van der Waals surface area (Å²) in [6.45, 7) is 0.855. The van der Waals surface area contributed by atoms with E-state index >= 15 is 0 Å². The number of nitrogens with zero attached hydrogens (tertiary/aromatic N) is 1. The molecule has 1 unspecified atom stereocenters. The summed E-state index contributed by atoms with van der Waals surface area (Å²) in [4.78, 5) is 16.5. The second-order valence-electron chi connectivity index (χ2n) is 6.18. The molecular formula is C16H23ClN4O3S. The van der Waals surface area contributed by atoms with Gasteiger partial charge in [0.2, 0.25) is 5.91 Å². The summed E-state index contributed by atoms with van der Waals surface area (Å²) in [5.74, 6) is 0.859. The first kappa shape index (κ1) is 19.7. The predicted molar refractivity (Wildman–Crippen MR) is 98.4 cm³/mol. The van der Waals surface area contributed by atoms with Gasteiger partial charge in [-0.25, -0.2) is 8.42 Å².